The second-order valence-corrected chi connectivity index (χ2v) is 13.4. The molecule has 9 nitrogen and oxygen atoms in total. The number of hydroxylamine groups is 1. The van der Waals surface area contributed by atoms with Gasteiger partial charge in [-0.15, -0.1) is 0 Å². The zero-order valence-electron chi connectivity index (χ0n) is 24.7. The number of carbonyl (C=O) groups excluding carboxylic acids is 2. The van der Waals surface area contributed by atoms with E-state index >= 15 is 0 Å². The highest BCUT2D eigenvalue weighted by molar-refractivity contribution is 7.82. The van der Waals surface area contributed by atoms with Crippen LogP contribution in [-0.2, 0) is 38.4 Å². The first-order valence-electron chi connectivity index (χ1n) is 14.8. The standard InChI is InChI=1S/C33H35Cl2N3O6S/c1-45(43)37-27-11-4-5-12-28(27)38-31(25-15-14-22(34)18-26(25)35)30(23-9-2-3-10-24(23)33(38)42)32(41)36-44-19-21-8-6-7-20(17-21)13-16-29(39)40/h2-3,6-10,14-15,17-18,27-28,30-31,37H,4-5,11-13,16,19H2,1H3,(H,36,41)(H,39,40)/t27-,28?,30+,31-,45?/m0/s1. The Morgan fingerprint density at radius 2 is 1.76 bits per heavy atom. The van der Waals surface area contributed by atoms with Crippen molar-refractivity contribution in [1.82, 2.24) is 15.1 Å². The number of benzene rings is 3. The first kappa shape index (κ1) is 33.1. The lowest BCUT2D eigenvalue weighted by molar-refractivity contribution is -0.138. The summed E-state index contributed by atoms with van der Waals surface area (Å²) in [4.78, 5) is 47.0. The summed E-state index contributed by atoms with van der Waals surface area (Å²) in [6.07, 6.45) is 5.14. The molecule has 45 heavy (non-hydrogen) atoms. The minimum Gasteiger partial charge on any atom is -0.481 e. The fraction of sp³-hybridized carbons (Fsp3) is 0.364. The number of nitrogens with one attached hydrogen (secondary N) is 2. The largest absolute Gasteiger partial charge is 0.481 e. The fourth-order valence-electron chi connectivity index (χ4n) is 6.45. The first-order chi connectivity index (χ1) is 21.6. The Kier molecular flexibility index (Phi) is 10.9. The predicted molar refractivity (Wildman–Crippen MR) is 173 cm³/mol. The molecule has 0 spiro atoms. The third-order valence-corrected chi connectivity index (χ3v) is 9.57. The van der Waals surface area contributed by atoms with Crippen LogP contribution in [0.5, 0.6) is 0 Å². The summed E-state index contributed by atoms with van der Waals surface area (Å²) in [7, 11) is -1.31. The van der Waals surface area contributed by atoms with Crippen LogP contribution in [0.3, 0.4) is 0 Å². The van der Waals surface area contributed by atoms with E-state index in [1.165, 1.54) is 0 Å². The van der Waals surface area contributed by atoms with Crippen molar-refractivity contribution in [2.24, 2.45) is 0 Å². The molecular weight excluding hydrogens is 637 g/mol. The third-order valence-electron chi connectivity index (χ3n) is 8.37. The highest BCUT2D eigenvalue weighted by Crippen LogP contribution is 2.47. The van der Waals surface area contributed by atoms with E-state index in [1.54, 1.807) is 53.6 Å². The number of fused-ring (bicyclic) bond motifs is 1. The van der Waals surface area contributed by atoms with E-state index in [-0.39, 0.29) is 31.0 Å². The molecule has 12 heteroatoms. The Morgan fingerprint density at radius 3 is 2.51 bits per heavy atom. The van der Waals surface area contributed by atoms with Gasteiger partial charge in [0.1, 0.15) is 0 Å². The van der Waals surface area contributed by atoms with Crippen molar-refractivity contribution in [2.45, 2.75) is 69.2 Å². The number of aryl methyl sites for hydroxylation is 1. The number of hydrogen-bond acceptors (Lipinski definition) is 5. The van der Waals surface area contributed by atoms with Crippen molar-refractivity contribution in [3.05, 3.63) is 105 Å². The summed E-state index contributed by atoms with van der Waals surface area (Å²) < 4.78 is 15.5. The maximum atomic E-state index is 14.4. The van der Waals surface area contributed by atoms with Gasteiger partial charge in [0.2, 0.25) is 0 Å². The van der Waals surface area contributed by atoms with Gasteiger partial charge in [-0.2, -0.15) is 0 Å². The number of nitrogens with zero attached hydrogens (tertiary/aromatic N) is 1. The van der Waals surface area contributed by atoms with Crippen LogP contribution in [0.15, 0.2) is 66.7 Å². The summed E-state index contributed by atoms with van der Waals surface area (Å²) in [6.45, 7) is 0.0486. The monoisotopic (exact) mass is 671 g/mol. The van der Waals surface area contributed by atoms with E-state index in [1.807, 2.05) is 24.3 Å². The summed E-state index contributed by atoms with van der Waals surface area (Å²) in [5.41, 5.74) is 5.75. The quantitative estimate of drug-likeness (QED) is 0.224. The number of aliphatic carboxylic acids is 1. The van der Waals surface area contributed by atoms with E-state index in [4.69, 9.17) is 33.1 Å². The Morgan fingerprint density at radius 1 is 1.00 bits per heavy atom. The van der Waals surface area contributed by atoms with E-state index in [2.05, 4.69) is 10.2 Å². The molecule has 3 N–H and O–H groups in total. The Bertz CT molecular complexity index is 1600. The molecule has 3 aromatic rings. The van der Waals surface area contributed by atoms with Crippen molar-refractivity contribution in [3.8, 4) is 0 Å². The molecule has 238 valence electrons. The van der Waals surface area contributed by atoms with Gasteiger partial charge in [0, 0.05) is 40.4 Å². The van der Waals surface area contributed by atoms with Gasteiger partial charge < -0.3 is 10.0 Å². The number of rotatable bonds is 11. The van der Waals surface area contributed by atoms with Crippen LogP contribution in [-0.4, -0.2) is 50.3 Å². The minimum absolute atomic E-state index is 0.0114. The van der Waals surface area contributed by atoms with E-state index in [9.17, 15) is 18.6 Å². The number of carboxylic acids is 1. The highest BCUT2D eigenvalue weighted by Gasteiger charge is 2.49. The van der Waals surface area contributed by atoms with Gasteiger partial charge in [-0.05, 0) is 59.7 Å². The van der Waals surface area contributed by atoms with Gasteiger partial charge in [0.25, 0.3) is 11.8 Å². The van der Waals surface area contributed by atoms with E-state index in [0.717, 1.165) is 30.4 Å². The van der Waals surface area contributed by atoms with Crippen molar-refractivity contribution in [1.29, 1.82) is 0 Å². The average Bonchev–Trinajstić information content (AvgIpc) is 3.00. The van der Waals surface area contributed by atoms with Crippen molar-refractivity contribution in [3.63, 3.8) is 0 Å². The van der Waals surface area contributed by atoms with Crippen LogP contribution in [0.2, 0.25) is 10.0 Å². The zero-order chi connectivity index (χ0) is 32.1. The molecule has 0 saturated heterocycles. The normalized spacial score (nSPS) is 22.0. The Balaban J connectivity index is 1.50. The van der Waals surface area contributed by atoms with Gasteiger partial charge in [-0.3, -0.25) is 19.2 Å². The molecule has 1 heterocycles. The molecule has 5 rings (SSSR count). The topological polar surface area (TPSA) is 125 Å². The lowest BCUT2D eigenvalue weighted by Gasteiger charge is -2.49. The Hall–Kier alpha value is -3.28. The van der Waals surface area contributed by atoms with Crippen molar-refractivity contribution < 1.29 is 28.5 Å². The van der Waals surface area contributed by atoms with Gasteiger partial charge in [-0.25, -0.2) is 14.4 Å². The second kappa shape index (κ2) is 14.9. The molecule has 2 unspecified atom stereocenters. The summed E-state index contributed by atoms with van der Waals surface area (Å²) >= 11 is 13.1. The molecule has 0 radical (unpaired) electrons. The molecular formula is C33H35Cl2N3O6S. The van der Waals surface area contributed by atoms with Crippen molar-refractivity contribution in [2.75, 3.05) is 6.26 Å². The average molecular weight is 673 g/mol. The highest BCUT2D eigenvalue weighted by atomic mass is 35.5. The number of carbonyl (C=O) groups is 3. The maximum Gasteiger partial charge on any atom is 0.303 e. The lowest BCUT2D eigenvalue weighted by atomic mass is 9.76. The SMILES string of the molecule is CS(=O)N[C@H]1CCCCC1N1C(=O)c2ccccc2[C@@H](C(=O)NOCc2cccc(CCC(=O)O)c2)[C@@H]1c1ccc(Cl)cc1Cl. The molecule has 1 fully saturated rings. The van der Waals surface area contributed by atoms with Gasteiger partial charge >= 0.3 is 5.97 Å². The maximum absolute atomic E-state index is 14.4. The molecule has 5 atom stereocenters. The van der Waals surface area contributed by atoms with E-state index < -0.39 is 34.8 Å². The molecule has 1 aliphatic carbocycles. The van der Waals surface area contributed by atoms with Crippen LogP contribution in [0.25, 0.3) is 0 Å². The van der Waals surface area contributed by atoms with Gasteiger partial charge in [-0.1, -0.05) is 84.6 Å². The number of halogens is 2. The summed E-state index contributed by atoms with van der Waals surface area (Å²) in [6, 6.07) is 18.0. The molecule has 0 aromatic heterocycles. The smallest absolute Gasteiger partial charge is 0.303 e. The van der Waals surface area contributed by atoms with E-state index in [0.29, 0.717) is 39.6 Å². The fourth-order valence-corrected chi connectivity index (χ4v) is 7.67. The van der Waals surface area contributed by atoms with Gasteiger partial charge in [0.05, 0.1) is 29.6 Å². The van der Waals surface area contributed by atoms with Gasteiger partial charge in [0.15, 0.2) is 0 Å². The number of carboxylic acid groups (broad SMARTS) is 1. The molecule has 0 bridgehead atoms. The predicted octanol–water partition coefficient (Wildman–Crippen LogP) is 5.73. The second-order valence-electron chi connectivity index (χ2n) is 11.4. The van der Waals surface area contributed by atoms with Crippen LogP contribution in [0.1, 0.15) is 76.7 Å². The number of amides is 2. The first-order valence-corrected chi connectivity index (χ1v) is 17.1. The third kappa shape index (κ3) is 7.76. The van der Waals surface area contributed by atoms with Crippen LogP contribution < -0.4 is 10.2 Å². The lowest BCUT2D eigenvalue weighted by Crippen LogP contribution is -2.58. The van der Waals surface area contributed by atoms with Crippen LogP contribution in [0, 0.1) is 0 Å². The molecule has 2 aliphatic rings. The number of hydrogen-bond donors (Lipinski definition) is 3. The Labute approximate surface area is 274 Å². The zero-order valence-corrected chi connectivity index (χ0v) is 27.0. The van der Waals surface area contributed by atoms with Crippen LogP contribution in [0.4, 0.5) is 0 Å². The summed E-state index contributed by atoms with van der Waals surface area (Å²) in [5.74, 6) is -2.46. The van der Waals surface area contributed by atoms with Crippen LogP contribution >= 0.6 is 23.2 Å². The molecule has 1 aliphatic heterocycles. The molecule has 1 saturated carbocycles. The summed E-state index contributed by atoms with van der Waals surface area (Å²) in [5, 5.41) is 9.76. The van der Waals surface area contributed by atoms with Crippen molar-refractivity contribution >= 4 is 52.0 Å². The molecule has 3 aromatic carbocycles. The minimum atomic E-state index is -1.31. The molecule has 2 amide bonds.